The van der Waals surface area contributed by atoms with Crippen molar-refractivity contribution in [3.8, 4) is 5.69 Å². The van der Waals surface area contributed by atoms with Crippen LogP contribution in [0.15, 0.2) is 30.3 Å². The monoisotopic (exact) mass is 258 g/mol. The highest BCUT2D eigenvalue weighted by Gasteiger charge is 2.19. The fourth-order valence-electron chi connectivity index (χ4n) is 2.82. The lowest BCUT2D eigenvalue weighted by Crippen LogP contribution is -1.99. The molecule has 94 valence electrons. The van der Waals surface area contributed by atoms with Crippen LogP contribution in [-0.2, 0) is 0 Å². The highest BCUT2D eigenvalue weighted by molar-refractivity contribution is 7.71. The number of rotatable bonds is 2. The van der Waals surface area contributed by atoms with Crippen LogP contribution in [-0.4, -0.2) is 9.78 Å². The standard InChI is InChI=1S/C15H18N2S/c1-11-5-4-8-13(9-11)17-15(18)10-14(16-17)12-6-2-3-7-12/h4-5,8-10,12,16H,2-3,6-7H2,1H3. The molecule has 1 aromatic carbocycles. The summed E-state index contributed by atoms with van der Waals surface area (Å²) in [4.78, 5) is 0. The Labute approximate surface area is 113 Å². The van der Waals surface area contributed by atoms with E-state index >= 15 is 0 Å². The van der Waals surface area contributed by atoms with Crippen molar-refractivity contribution in [3.63, 3.8) is 0 Å². The first-order chi connectivity index (χ1) is 8.74. The number of nitrogens with one attached hydrogen (secondary N) is 1. The summed E-state index contributed by atoms with van der Waals surface area (Å²) in [5.41, 5.74) is 3.69. The number of hydrogen-bond acceptors (Lipinski definition) is 1. The Kier molecular flexibility index (Phi) is 3.08. The molecule has 3 rings (SSSR count). The minimum Gasteiger partial charge on any atom is -0.297 e. The molecule has 0 spiro atoms. The van der Waals surface area contributed by atoms with Gasteiger partial charge >= 0.3 is 0 Å². The fourth-order valence-corrected chi connectivity index (χ4v) is 3.10. The quantitative estimate of drug-likeness (QED) is 0.786. The van der Waals surface area contributed by atoms with Crippen LogP contribution < -0.4 is 0 Å². The van der Waals surface area contributed by atoms with Gasteiger partial charge in [-0.15, -0.1) is 0 Å². The van der Waals surface area contributed by atoms with Gasteiger partial charge in [0.25, 0.3) is 0 Å². The van der Waals surface area contributed by atoms with E-state index in [-0.39, 0.29) is 0 Å². The Morgan fingerprint density at radius 3 is 2.72 bits per heavy atom. The summed E-state index contributed by atoms with van der Waals surface area (Å²) in [6.45, 7) is 2.11. The fraction of sp³-hybridized carbons (Fsp3) is 0.400. The smallest absolute Gasteiger partial charge is 0.127 e. The zero-order chi connectivity index (χ0) is 12.5. The highest BCUT2D eigenvalue weighted by atomic mass is 32.1. The molecule has 1 aromatic heterocycles. The largest absolute Gasteiger partial charge is 0.297 e. The van der Waals surface area contributed by atoms with Crippen LogP contribution in [0.4, 0.5) is 0 Å². The van der Waals surface area contributed by atoms with Gasteiger partial charge in [-0.05, 0) is 43.5 Å². The molecule has 1 heterocycles. The Balaban J connectivity index is 2.00. The van der Waals surface area contributed by atoms with E-state index in [2.05, 4.69) is 42.4 Å². The van der Waals surface area contributed by atoms with Crippen molar-refractivity contribution in [2.75, 3.05) is 0 Å². The van der Waals surface area contributed by atoms with E-state index in [4.69, 9.17) is 12.2 Å². The lowest BCUT2D eigenvalue weighted by atomic mass is 10.1. The maximum atomic E-state index is 5.47. The van der Waals surface area contributed by atoms with E-state index in [1.54, 1.807) is 0 Å². The number of aryl methyl sites for hydroxylation is 1. The molecule has 1 saturated carbocycles. The van der Waals surface area contributed by atoms with Gasteiger partial charge in [-0.25, -0.2) is 4.68 Å². The Morgan fingerprint density at radius 2 is 2.00 bits per heavy atom. The van der Waals surface area contributed by atoms with Crippen LogP contribution in [0.2, 0.25) is 0 Å². The molecule has 18 heavy (non-hydrogen) atoms. The summed E-state index contributed by atoms with van der Waals surface area (Å²) in [5, 5.41) is 3.48. The Hall–Kier alpha value is -1.35. The van der Waals surface area contributed by atoms with Gasteiger partial charge in [0.15, 0.2) is 0 Å². The molecule has 0 radical (unpaired) electrons. The second-order valence-corrected chi connectivity index (χ2v) is 5.62. The second-order valence-electron chi connectivity index (χ2n) is 5.21. The summed E-state index contributed by atoms with van der Waals surface area (Å²) >= 11 is 5.47. The molecule has 0 bridgehead atoms. The first kappa shape index (κ1) is 11.7. The van der Waals surface area contributed by atoms with Gasteiger partial charge in [-0.1, -0.05) is 37.2 Å². The normalized spacial score (nSPS) is 16.3. The zero-order valence-corrected chi connectivity index (χ0v) is 11.5. The van der Waals surface area contributed by atoms with Crippen LogP contribution >= 0.6 is 12.2 Å². The topological polar surface area (TPSA) is 20.7 Å². The number of H-pyrrole nitrogens is 1. The van der Waals surface area contributed by atoms with Crippen molar-refractivity contribution in [1.29, 1.82) is 0 Å². The SMILES string of the molecule is Cc1cccc(-n2[nH]c(C3CCCC3)cc2=S)c1. The molecule has 3 heteroatoms. The third-order valence-corrected chi connectivity index (χ3v) is 4.10. The van der Waals surface area contributed by atoms with E-state index in [1.807, 2.05) is 4.68 Å². The molecule has 0 aliphatic heterocycles. The first-order valence-electron chi connectivity index (χ1n) is 6.63. The number of hydrogen-bond donors (Lipinski definition) is 1. The van der Waals surface area contributed by atoms with Crippen molar-refractivity contribution in [2.24, 2.45) is 0 Å². The van der Waals surface area contributed by atoms with Crippen LogP contribution in [0.25, 0.3) is 5.69 Å². The lowest BCUT2D eigenvalue weighted by molar-refractivity contribution is 0.678. The number of aromatic nitrogens is 2. The van der Waals surface area contributed by atoms with E-state index < -0.39 is 0 Å². The molecular formula is C15H18N2S. The summed E-state index contributed by atoms with van der Waals surface area (Å²) in [6.07, 6.45) is 5.29. The number of aromatic amines is 1. The molecule has 2 aromatic rings. The summed E-state index contributed by atoms with van der Waals surface area (Å²) < 4.78 is 2.90. The molecule has 1 aliphatic carbocycles. The van der Waals surface area contributed by atoms with Gasteiger partial charge in [0.05, 0.1) is 5.69 Å². The average Bonchev–Trinajstić information content (AvgIpc) is 2.97. The average molecular weight is 258 g/mol. The van der Waals surface area contributed by atoms with Crippen molar-refractivity contribution >= 4 is 12.2 Å². The van der Waals surface area contributed by atoms with Crippen LogP contribution in [0.3, 0.4) is 0 Å². The predicted octanol–water partition coefficient (Wildman–Crippen LogP) is 4.50. The van der Waals surface area contributed by atoms with E-state index in [1.165, 1.54) is 36.9 Å². The molecule has 1 N–H and O–H groups in total. The molecule has 0 atom stereocenters. The number of benzene rings is 1. The maximum absolute atomic E-state index is 5.47. The lowest BCUT2D eigenvalue weighted by Gasteiger charge is -2.07. The van der Waals surface area contributed by atoms with Gasteiger partial charge < -0.3 is 0 Å². The molecular weight excluding hydrogens is 240 g/mol. The third-order valence-electron chi connectivity index (χ3n) is 3.80. The van der Waals surface area contributed by atoms with E-state index in [9.17, 15) is 0 Å². The van der Waals surface area contributed by atoms with Crippen LogP contribution in [0, 0.1) is 11.6 Å². The van der Waals surface area contributed by atoms with Crippen LogP contribution in [0.1, 0.15) is 42.9 Å². The van der Waals surface area contributed by atoms with Crippen LogP contribution in [0.5, 0.6) is 0 Å². The summed E-state index contributed by atoms with van der Waals surface area (Å²) in [6, 6.07) is 10.6. The highest BCUT2D eigenvalue weighted by Crippen LogP contribution is 2.33. The Bertz CT molecular complexity index is 603. The summed E-state index contributed by atoms with van der Waals surface area (Å²) in [5.74, 6) is 0.678. The zero-order valence-electron chi connectivity index (χ0n) is 10.6. The second kappa shape index (κ2) is 4.73. The van der Waals surface area contributed by atoms with Crippen molar-refractivity contribution in [1.82, 2.24) is 9.78 Å². The minimum atomic E-state index is 0.678. The molecule has 0 amide bonds. The summed E-state index contributed by atoms with van der Waals surface area (Å²) in [7, 11) is 0. The molecule has 2 nitrogen and oxygen atoms in total. The van der Waals surface area contributed by atoms with Gasteiger partial charge in [0, 0.05) is 11.6 Å². The van der Waals surface area contributed by atoms with Gasteiger partial charge in [0.2, 0.25) is 0 Å². The van der Waals surface area contributed by atoms with E-state index in [0.717, 1.165) is 10.3 Å². The van der Waals surface area contributed by atoms with E-state index in [0.29, 0.717) is 5.92 Å². The minimum absolute atomic E-state index is 0.678. The first-order valence-corrected chi connectivity index (χ1v) is 7.04. The molecule has 0 unspecified atom stereocenters. The van der Waals surface area contributed by atoms with Crippen molar-refractivity contribution < 1.29 is 0 Å². The predicted molar refractivity (Wildman–Crippen MR) is 76.9 cm³/mol. The van der Waals surface area contributed by atoms with Crippen molar-refractivity contribution in [3.05, 3.63) is 46.2 Å². The molecule has 0 saturated heterocycles. The van der Waals surface area contributed by atoms with Crippen molar-refractivity contribution in [2.45, 2.75) is 38.5 Å². The third kappa shape index (κ3) is 2.15. The molecule has 1 aliphatic rings. The van der Waals surface area contributed by atoms with Gasteiger partial charge in [-0.3, -0.25) is 5.10 Å². The van der Waals surface area contributed by atoms with Gasteiger partial charge in [-0.2, -0.15) is 0 Å². The number of nitrogens with zero attached hydrogens (tertiary/aromatic N) is 1. The Morgan fingerprint density at radius 1 is 1.22 bits per heavy atom. The maximum Gasteiger partial charge on any atom is 0.127 e. The molecule has 1 fully saturated rings. The van der Waals surface area contributed by atoms with Gasteiger partial charge in [0.1, 0.15) is 4.64 Å².